The van der Waals surface area contributed by atoms with E-state index in [-0.39, 0.29) is 6.10 Å². The molecule has 0 aromatic heterocycles. The van der Waals surface area contributed by atoms with Gasteiger partial charge in [-0.05, 0) is 43.4 Å². The lowest BCUT2D eigenvalue weighted by Crippen LogP contribution is -2.57. The molecule has 0 amide bonds. The second-order valence-electron chi connectivity index (χ2n) is 6.87. The number of likely N-dealkylation sites (tertiary alicyclic amines) is 1. The Kier molecular flexibility index (Phi) is 5.82. The van der Waals surface area contributed by atoms with E-state index in [2.05, 4.69) is 36.1 Å². The molecule has 1 saturated heterocycles. The van der Waals surface area contributed by atoms with Gasteiger partial charge in [0.1, 0.15) is 23.8 Å². The van der Waals surface area contributed by atoms with Crippen LogP contribution in [0.4, 0.5) is 0 Å². The molecule has 1 aromatic rings. The van der Waals surface area contributed by atoms with Crippen LogP contribution in [0.25, 0.3) is 0 Å². The first-order valence-electron chi connectivity index (χ1n) is 9.23. The van der Waals surface area contributed by atoms with Crippen molar-refractivity contribution in [1.29, 1.82) is 0 Å². The molecule has 1 aromatic carbocycles. The second kappa shape index (κ2) is 8.07. The standard InChI is InChI=1S/C21H29NO3/c1-4-17-10-11-19(15(2)21(17)24-3)25-18-13-22(14-18)20(23)12-16-8-6-5-7-9-16/h6,8-11,18,20,23H,4-5,7,12-14H2,1-3H3. The number of allylic oxidation sites excluding steroid dienone is 3. The van der Waals surface area contributed by atoms with Gasteiger partial charge in [-0.15, -0.1) is 0 Å². The van der Waals surface area contributed by atoms with E-state index in [0.29, 0.717) is 6.42 Å². The summed E-state index contributed by atoms with van der Waals surface area (Å²) in [6.07, 6.45) is 10.1. The number of hydrogen-bond donors (Lipinski definition) is 1. The third-order valence-electron chi connectivity index (χ3n) is 5.10. The molecule has 1 aliphatic heterocycles. The van der Waals surface area contributed by atoms with E-state index in [0.717, 1.165) is 49.4 Å². The smallest absolute Gasteiger partial charge is 0.128 e. The van der Waals surface area contributed by atoms with Crippen molar-refractivity contribution in [2.24, 2.45) is 0 Å². The maximum atomic E-state index is 10.4. The third kappa shape index (κ3) is 4.07. The minimum absolute atomic E-state index is 0.126. The highest BCUT2D eigenvalue weighted by Crippen LogP contribution is 2.33. The zero-order valence-corrected chi connectivity index (χ0v) is 15.5. The summed E-state index contributed by atoms with van der Waals surface area (Å²) in [6, 6.07) is 4.11. The largest absolute Gasteiger partial charge is 0.496 e. The van der Waals surface area contributed by atoms with Gasteiger partial charge in [-0.1, -0.05) is 31.2 Å². The first-order chi connectivity index (χ1) is 12.1. The molecule has 0 radical (unpaired) electrons. The molecule has 1 fully saturated rings. The lowest BCUT2D eigenvalue weighted by atomic mass is 10.0. The molecular formula is C21H29NO3. The van der Waals surface area contributed by atoms with Gasteiger partial charge in [0.2, 0.25) is 0 Å². The van der Waals surface area contributed by atoms with E-state index in [1.54, 1.807) is 7.11 Å². The number of aliphatic hydroxyl groups is 1. The van der Waals surface area contributed by atoms with Crippen molar-refractivity contribution in [1.82, 2.24) is 4.90 Å². The van der Waals surface area contributed by atoms with E-state index >= 15 is 0 Å². The average molecular weight is 343 g/mol. The Labute approximate surface area is 150 Å². The summed E-state index contributed by atoms with van der Waals surface area (Å²) >= 11 is 0. The van der Waals surface area contributed by atoms with Crippen molar-refractivity contribution in [3.63, 3.8) is 0 Å². The Morgan fingerprint density at radius 2 is 2.08 bits per heavy atom. The number of aryl methyl sites for hydroxylation is 1. The highest BCUT2D eigenvalue weighted by molar-refractivity contribution is 5.49. The van der Waals surface area contributed by atoms with Crippen LogP contribution in [0.15, 0.2) is 35.9 Å². The van der Waals surface area contributed by atoms with Crippen molar-refractivity contribution >= 4 is 0 Å². The van der Waals surface area contributed by atoms with Crippen molar-refractivity contribution in [2.45, 2.75) is 51.9 Å². The number of hydrogen-bond acceptors (Lipinski definition) is 4. The lowest BCUT2D eigenvalue weighted by Gasteiger charge is -2.42. The first kappa shape index (κ1) is 18.0. The van der Waals surface area contributed by atoms with E-state index < -0.39 is 6.23 Å². The molecule has 1 atom stereocenters. The molecule has 0 bridgehead atoms. The van der Waals surface area contributed by atoms with Crippen LogP contribution in [0.5, 0.6) is 11.5 Å². The van der Waals surface area contributed by atoms with E-state index in [4.69, 9.17) is 9.47 Å². The maximum Gasteiger partial charge on any atom is 0.128 e. The highest BCUT2D eigenvalue weighted by atomic mass is 16.5. The zero-order chi connectivity index (χ0) is 17.8. The average Bonchev–Trinajstić information content (AvgIpc) is 2.59. The lowest BCUT2D eigenvalue weighted by molar-refractivity contribution is -0.0888. The van der Waals surface area contributed by atoms with Crippen molar-refractivity contribution in [3.05, 3.63) is 47.1 Å². The summed E-state index contributed by atoms with van der Waals surface area (Å²) in [4.78, 5) is 2.07. The van der Waals surface area contributed by atoms with Gasteiger partial charge in [0, 0.05) is 25.1 Å². The van der Waals surface area contributed by atoms with Crippen LogP contribution in [-0.2, 0) is 6.42 Å². The normalized spacial score (nSPS) is 19.3. The second-order valence-corrected chi connectivity index (χ2v) is 6.87. The molecule has 25 heavy (non-hydrogen) atoms. The highest BCUT2D eigenvalue weighted by Gasteiger charge is 2.33. The zero-order valence-electron chi connectivity index (χ0n) is 15.5. The first-order valence-corrected chi connectivity index (χ1v) is 9.23. The number of benzene rings is 1. The fourth-order valence-corrected chi connectivity index (χ4v) is 3.55. The fraction of sp³-hybridized carbons (Fsp3) is 0.524. The summed E-state index contributed by atoms with van der Waals surface area (Å²) in [5.41, 5.74) is 3.49. The number of rotatable bonds is 7. The summed E-state index contributed by atoms with van der Waals surface area (Å²) in [7, 11) is 1.71. The van der Waals surface area contributed by atoms with Gasteiger partial charge < -0.3 is 14.6 Å². The molecule has 4 nitrogen and oxygen atoms in total. The SMILES string of the molecule is CCc1ccc(OC2CN(C(O)CC3=CCCC=C3)C2)c(C)c1OC. The van der Waals surface area contributed by atoms with Gasteiger partial charge in [0.15, 0.2) is 0 Å². The molecule has 1 unspecified atom stereocenters. The van der Waals surface area contributed by atoms with Crippen molar-refractivity contribution in [3.8, 4) is 11.5 Å². The Bertz CT molecular complexity index is 659. The molecule has 1 N–H and O–H groups in total. The van der Waals surface area contributed by atoms with Crippen LogP contribution in [-0.4, -0.2) is 42.5 Å². The quantitative estimate of drug-likeness (QED) is 0.821. The molecule has 1 heterocycles. The summed E-state index contributed by atoms with van der Waals surface area (Å²) in [5, 5.41) is 10.4. The van der Waals surface area contributed by atoms with Crippen LogP contribution < -0.4 is 9.47 Å². The molecule has 2 aliphatic rings. The summed E-state index contributed by atoms with van der Waals surface area (Å²) in [6.45, 7) is 5.69. The van der Waals surface area contributed by atoms with E-state index in [1.165, 1.54) is 11.1 Å². The van der Waals surface area contributed by atoms with Gasteiger partial charge >= 0.3 is 0 Å². The van der Waals surface area contributed by atoms with Crippen molar-refractivity contribution < 1.29 is 14.6 Å². The number of ether oxygens (including phenoxy) is 2. The van der Waals surface area contributed by atoms with Gasteiger partial charge in [-0.25, -0.2) is 0 Å². The molecule has 136 valence electrons. The summed E-state index contributed by atoms with van der Waals surface area (Å²) in [5.74, 6) is 1.80. The van der Waals surface area contributed by atoms with E-state index in [1.807, 2.05) is 13.0 Å². The predicted molar refractivity (Wildman–Crippen MR) is 100 cm³/mol. The number of aliphatic hydroxyl groups excluding tert-OH is 1. The third-order valence-corrected chi connectivity index (χ3v) is 5.10. The molecule has 0 spiro atoms. The van der Waals surface area contributed by atoms with Crippen LogP contribution in [0.2, 0.25) is 0 Å². The van der Waals surface area contributed by atoms with E-state index in [9.17, 15) is 5.11 Å². The number of nitrogens with zero attached hydrogens (tertiary/aromatic N) is 1. The predicted octanol–water partition coefficient (Wildman–Crippen LogP) is 3.61. The van der Waals surface area contributed by atoms with Gasteiger partial charge in [0.25, 0.3) is 0 Å². The summed E-state index contributed by atoms with van der Waals surface area (Å²) < 4.78 is 11.7. The van der Waals surface area contributed by atoms with Crippen LogP contribution in [0.1, 0.15) is 37.3 Å². The number of methoxy groups -OCH3 is 1. The topological polar surface area (TPSA) is 41.9 Å². The van der Waals surface area contributed by atoms with Crippen LogP contribution in [0, 0.1) is 6.92 Å². The molecule has 1 aliphatic carbocycles. The van der Waals surface area contributed by atoms with Crippen LogP contribution in [0.3, 0.4) is 0 Å². The van der Waals surface area contributed by atoms with Crippen LogP contribution >= 0.6 is 0 Å². The Hall–Kier alpha value is -1.78. The molecule has 0 saturated carbocycles. The Balaban J connectivity index is 1.53. The minimum Gasteiger partial charge on any atom is -0.496 e. The Morgan fingerprint density at radius 3 is 2.72 bits per heavy atom. The monoisotopic (exact) mass is 343 g/mol. The minimum atomic E-state index is -0.424. The van der Waals surface area contributed by atoms with Gasteiger partial charge in [0.05, 0.1) is 7.11 Å². The molecule has 4 heteroatoms. The Morgan fingerprint density at radius 1 is 1.28 bits per heavy atom. The molecular weight excluding hydrogens is 314 g/mol. The van der Waals surface area contributed by atoms with Gasteiger partial charge in [-0.2, -0.15) is 0 Å². The molecule has 3 rings (SSSR count). The fourth-order valence-electron chi connectivity index (χ4n) is 3.55. The van der Waals surface area contributed by atoms with Gasteiger partial charge in [-0.3, -0.25) is 4.90 Å². The maximum absolute atomic E-state index is 10.4. The van der Waals surface area contributed by atoms with Crippen molar-refractivity contribution in [2.75, 3.05) is 20.2 Å².